The Morgan fingerprint density at radius 1 is 1.06 bits per heavy atom. The summed E-state index contributed by atoms with van der Waals surface area (Å²) < 4.78 is 1.76. The highest BCUT2D eigenvalue weighted by molar-refractivity contribution is 5.83. The van der Waals surface area contributed by atoms with Crippen LogP contribution in [0.1, 0.15) is 16.1 Å². The first-order valence-electron chi connectivity index (χ1n) is 5.53. The number of hydrogen-bond acceptors (Lipinski definition) is 1. The van der Waals surface area contributed by atoms with Gasteiger partial charge in [0.15, 0.2) is 12.7 Å². The Bertz CT molecular complexity index is 509. The van der Waals surface area contributed by atoms with Gasteiger partial charge in [0.05, 0.1) is 0 Å². The van der Waals surface area contributed by atoms with Gasteiger partial charge in [-0.3, -0.25) is 0 Å². The highest BCUT2D eigenvalue weighted by Crippen LogP contribution is 2.00. The van der Waals surface area contributed by atoms with E-state index >= 15 is 0 Å². The van der Waals surface area contributed by atoms with Crippen LogP contribution in [0.4, 0.5) is 0 Å². The maximum Gasteiger partial charge on any atom is 0.401 e. The molecule has 3 nitrogen and oxygen atoms in total. The Hall–Kier alpha value is -2.16. The molecule has 0 spiro atoms. The summed E-state index contributed by atoms with van der Waals surface area (Å²) in [4.78, 5) is 11.0. The molecule has 0 aliphatic carbocycles. The van der Waals surface area contributed by atoms with E-state index in [9.17, 15) is 4.79 Å². The van der Waals surface area contributed by atoms with E-state index in [0.717, 1.165) is 6.42 Å². The first kappa shape index (κ1) is 11.3. The van der Waals surface area contributed by atoms with Gasteiger partial charge in [0.25, 0.3) is 5.69 Å². The van der Waals surface area contributed by atoms with Crippen LogP contribution in [0.5, 0.6) is 0 Å². The normalized spacial score (nSPS) is 10.1. The lowest BCUT2D eigenvalue weighted by atomic mass is 10.1. The van der Waals surface area contributed by atoms with Gasteiger partial charge >= 0.3 is 5.97 Å². The molecular formula is C14H14NO2+. The second kappa shape index (κ2) is 5.25. The number of benzene rings is 1. The van der Waals surface area contributed by atoms with Crippen molar-refractivity contribution in [2.45, 2.75) is 13.0 Å². The number of aryl methyl sites for hydroxylation is 2. The summed E-state index contributed by atoms with van der Waals surface area (Å²) in [6.07, 6.45) is 2.63. The van der Waals surface area contributed by atoms with E-state index in [4.69, 9.17) is 5.11 Å². The molecule has 0 amide bonds. The first-order valence-corrected chi connectivity index (χ1v) is 5.53. The second-order valence-electron chi connectivity index (χ2n) is 3.82. The number of nitrogens with zero attached hydrogens (tertiary/aromatic N) is 1. The fourth-order valence-electron chi connectivity index (χ4n) is 1.76. The molecule has 2 aromatic rings. The van der Waals surface area contributed by atoms with Crippen molar-refractivity contribution in [2.75, 3.05) is 0 Å². The molecular weight excluding hydrogens is 214 g/mol. The Balaban J connectivity index is 2.12. The number of aromatic nitrogens is 1. The van der Waals surface area contributed by atoms with Gasteiger partial charge in [-0.15, -0.1) is 0 Å². The molecule has 0 aliphatic heterocycles. The molecule has 1 heterocycles. The fraction of sp³-hybridized carbons (Fsp3) is 0.143. The van der Waals surface area contributed by atoms with Crippen LogP contribution < -0.4 is 4.57 Å². The van der Waals surface area contributed by atoms with Gasteiger partial charge in [0.1, 0.15) is 0 Å². The molecule has 0 atom stereocenters. The highest BCUT2D eigenvalue weighted by Gasteiger charge is 2.16. The van der Waals surface area contributed by atoms with Gasteiger partial charge in [-0.05, 0) is 11.6 Å². The zero-order valence-corrected chi connectivity index (χ0v) is 9.41. The quantitative estimate of drug-likeness (QED) is 0.812. The molecule has 0 unspecified atom stereocenters. The van der Waals surface area contributed by atoms with E-state index in [-0.39, 0.29) is 0 Å². The Kier molecular flexibility index (Phi) is 3.50. The average Bonchev–Trinajstić information content (AvgIpc) is 2.38. The van der Waals surface area contributed by atoms with Crippen molar-refractivity contribution in [2.24, 2.45) is 0 Å². The molecule has 3 heteroatoms. The monoisotopic (exact) mass is 228 g/mol. The van der Waals surface area contributed by atoms with Crippen LogP contribution >= 0.6 is 0 Å². The standard InChI is InChI=1S/C14H13NO2/c16-14(17)13-8-4-5-10-15(13)11-9-12-6-2-1-3-7-12/h1-8,10H,9,11H2/p+1. The van der Waals surface area contributed by atoms with E-state index in [2.05, 4.69) is 0 Å². The SMILES string of the molecule is O=C(O)c1cccc[n+]1CCc1ccccc1. The summed E-state index contributed by atoms with van der Waals surface area (Å²) in [7, 11) is 0. The minimum Gasteiger partial charge on any atom is -0.473 e. The summed E-state index contributed by atoms with van der Waals surface area (Å²) in [6, 6.07) is 15.2. The number of carboxylic acids is 1. The van der Waals surface area contributed by atoms with Crippen molar-refractivity contribution >= 4 is 5.97 Å². The van der Waals surface area contributed by atoms with Gasteiger partial charge in [-0.1, -0.05) is 30.3 Å². The zero-order chi connectivity index (χ0) is 12.1. The highest BCUT2D eigenvalue weighted by atomic mass is 16.4. The molecule has 1 aromatic heterocycles. The Morgan fingerprint density at radius 2 is 1.76 bits per heavy atom. The largest absolute Gasteiger partial charge is 0.473 e. The summed E-state index contributed by atoms with van der Waals surface area (Å²) in [5.74, 6) is -0.890. The van der Waals surface area contributed by atoms with E-state index in [0.29, 0.717) is 12.2 Å². The molecule has 86 valence electrons. The van der Waals surface area contributed by atoms with Gasteiger partial charge < -0.3 is 5.11 Å². The molecule has 0 bridgehead atoms. The predicted octanol–water partition coefficient (Wildman–Crippen LogP) is 1.92. The molecule has 0 saturated heterocycles. The van der Waals surface area contributed by atoms with Crippen molar-refractivity contribution in [1.82, 2.24) is 0 Å². The van der Waals surface area contributed by atoms with Crippen molar-refractivity contribution in [1.29, 1.82) is 0 Å². The Morgan fingerprint density at radius 3 is 2.47 bits per heavy atom. The third-order valence-electron chi connectivity index (χ3n) is 2.64. The van der Waals surface area contributed by atoms with E-state index in [1.54, 1.807) is 22.9 Å². The molecule has 0 fully saturated rings. The molecule has 0 saturated carbocycles. The molecule has 2 rings (SSSR count). The van der Waals surface area contributed by atoms with Gasteiger partial charge in [0.2, 0.25) is 0 Å². The maximum absolute atomic E-state index is 11.0. The lowest BCUT2D eigenvalue weighted by Crippen LogP contribution is -2.40. The van der Waals surface area contributed by atoms with Crippen LogP contribution in [0.15, 0.2) is 54.7 Å². The number of aromatic carboxylic acids is 1. The van der Waals surface area contributed by atoms with Crippen LogP contribution in [0, 0.1) is 0 Å². The third-order valence-corrected chi connectivity index (χ3v) is 2.64. The minimum atomic E-state index is -0.890. The number of carbonyl (C=O) groups is 1. The number of pyridine rings is 1. The van der Waals surface area contributed by atoms with Crippen LogP contribution in [0.2, 0.25) is 0 Å². The maximum atomic E-state index is 11.0. The number of rotatable bonds is 4. The predicted molar refractivity (Wildman–Crippen MR) is 63.7 cm³/mol. The molecule has 1 aromatic carbocycles. The zero-order valence-electron chi connectivity index (χ0n) is 9.41. The van der Waals surface area contributed by atoms with Gasteiger partial charge in [0, 0.05) is 18.6 Å². The summed E-state index contributed by atoms with van der Waals surface area (Å²) in [6.45, 7) is 0.673. The van der Waals surface area contributed by atoms with Crippen LogP contribution in [0.3, 0.4) is 0 Å². The Labute approximate surface area is 100.0 Å². The van der Waals surface area contributed by atoms with Crippen molar-refractivity contribution in [3.63, 3.8) is 0 Å². The number of hydrogen-bond donors (Lipinski definition) is 1. The van der Waals surface area contributed by atoms with Gasteiger partial charge in [-0.25, -0.2) is 4.79 Å². The smallest absolute Gasteiger partial charge is 0.401 e. The summed E-state index contributed by atoms with van der Waals surface area (Å²) in [5, 5.41) is 9.04. The lowest BCUT2D eigenvalue weighted by Gasteiger charge is -2.00. The topological polar surface area (TPSA) is 41.2 Å². The number of carboxylic acid groups (broad SMARTS) is 1. The minimum absolute atomic E-state index is 0.323. The van der Waals surface area contributed by atoms with E-state index < -0.39 is 5.97 Å². The summed E-state index contributed by atoms with van der Waals surface area (Å²) >= 11 is 0. The van der Waals surface area contributed by atoms with Crippen molar-refractivity contribution in [3.05, 3.63) is 66.0 Å². The fourth-order valence-corrected chi connectivity index (χ4v) is 1.76. The van der Waals surface area contributed by atoms with Crippen LogP contribution in [-0.2, 0) is 13.0 Å². The van der Waals surface area contributed by atoms with Crippen molar-refractivity contribution < 1.29 is 14.5 Å². The molecule has 0 aliphatic rings. The van der Waals surface area contributed by atoms with Crippen molar-refractivity contribution in [3.8, 4) is 0 Å². The van der Waals surface area contributed by atoms with E-state index in [1.165, 1.54) is 5.56 Å². The molecule has 1 N–H and O–H groups in total. The summed E-state index contributed by atoms with van der Waals surface area (Å²) in [5.41, 5.74) is 1.53. The van der Waals surface area contributed by atoms with E-state index in [1.807, 2.05) is 36.4 Å². The third kappa shape index (κ3) is 2.91. The van der Waals surface area contributed by atoms with Crippen LogP contribution in [0.25, 0.3) is 0 Å². The van der Waals surface area contributed by atoms with Gasteiger partial charge in [-0.2, -0.15) is 4.57 Å². The van der Waals surface area contributed by atoms with Crippen LogP contribution in [-0.4, -0.2) is 11.1 Å². The first-order chi connectivity index (χ1) is 8.27. The average molecular weight is 228 g/mol. The molecule has 17 heavy (non-hydrogen) atoms. The lowest BCUT2D eigenvalue weighted by molar-refractivity contribution is -0.698. The molecule has 0 radical (unpaired) electrons. The second-order valence-corrected chi connectivity index (χ2v) is 3.82.